The third-order valence-electron chi connectivity index (χ3n) is 12.0. The van der Waals surface area contributed by atoms with Crippen molar-refractivity contribution in [3.05, 3.63) is 194 Å². The second kappa shape index (κ2) is 14.2. The predicted molar refractivity (Wildman–Crippen MR) is 258 cm³/mol. The van der Waals surface area contributed by atoms with E-state index in [2.05, 4.69) is 146 Å². The fourth-order valence-corrected chi connectivity index (χ4v) is 10.2. The number of nitrogens with zero attached hydrogens (tertiary/aromatic N) is 4. The van der Waals surface area contributed by atoms with Crippen molar-refractivity contribution in [3.63, 3.8) is 0 Å². The average Bonchev–Trinajstić information content (AvgIpc) is 4.07. The minimum atomic E-state index is 0.600. The van der Waals surface area contributed by atoms with Gasteiger partial charge < -0.3 is 8.83 Å². The maximum atomic E-state index is 6.74. The Morgan fingerprint density at radius 3 is 1.73 bits per heavy atom. The first-order chi connectivity index (χ1) is 31.2. The van der Waals surface area contributed by atoms with Crippen LogP contribution in [0.5, 0.6) is 0 Å². The zero-order valence-corrected chi connectivity index (χ0v) is 34.3. The van der Waals surface area contributed by atoms with E-state index in [1.54, 1.807) is 11.3 Å². The van der Waals surface area contributed by atoms with Crippen LogP contribution in [0.3, 0.4) is 0 Å². The Hall–Kier alpha value is -8.26. The summed E-state index contributed by atoms with van der Waals surface area (Å²) in [6, 6.07) is 67.0. The number of fused-ring (bicyclic) bond motifs is 9. The maximum absolute atomic E-state index is 6.74. The van der Waals surface area contributed by atoms with Gasteiger partial charge in [-0.25, -0.2) is 19.9 Å². The molecule has 4 aromatic heterocycles. The molecule has 6 nitrogen and oxygen atoms in total. The Balaban J connectivity index is 0.936. The highest BCUT2D eigenvalue weighted by atomic mass is 32.1. The maximum Gasteiger partial charge on any atom is 0.228 e. The van der Waals surface area contributed by atoms with Gasteiger partial charge in [0.2, 0.25) is 5.89 Å². The van der Waals surface area contributed by atoms with Crippen molar-refractivity contribution >= 4 is 75.3 Å². The van der Waals surface area contributed by atoms with Crippen LogP contribution >= 0.6 is 11.3 Å². The Kier molecular flexibility index (Phi) is 7.98. The highest BCUT2D eigenvalue weighted by Crippen LogP contribution is 2.44. The number of hydrogen-bond acceptors (Lipinski definition) is 7. The van der Waals surface area contributed by atoms with Crippen LogP contribution < -0.4 is 0 Å². The highest BCUT2D eigenvalue weighted by Gasteiger charge is 2.21. The number of aromatic nitrogens is 4. The average molecular weight is 825 g/mol. The minimum absolute atomic E-state index is 0.600. The molecular formula is C56H32N4O2S. The molecule has 0 amide bonds. The summed E-state index contributed by atoms with van der Waals surface area (Å²) < 4.78 is 15.6. The van der Waals surface area contributed by atoms with E-state index in [9.17, 15) is 0 Å². The molecule has 0 aliphatic rings. The second-order valence-electron chi connectivity index (χ2n) is 15.7. The largest absolute Gasteiger partial charge is 0.456 e. The molecular weight excluding hydrogens is 793 g/mol. The third kappa shape index (κ3) is 5.86. The first-order valence-corrected chi connectivity index (χ1v) is 21.7. The van der Waals surface area contributed by atoms with Gasteiger partial charge in [-0.05, 0) is 75.5 Å². The lowest BCUT2D eigenvalue weighted by atomic mass is 9.94. The molecule has 9 aromatic carbocycles. The van der Waals surface area contributed by atoms with Crippen LogP contribution in [-0.2, 0) is 0 Å². The normalized spacial score (nSPS) is 11.8. The lowest BCUT2D eigenvalue weighted by Gasteiger charge is -2.13. The van der Waals surface area contributed by atoms with Crippen LogP contribution in [0.2, 0.25) is 0 Å². The van der Waals surface area contributed by atoms with E-state index in [4.69, 9.17) is 28.8 Å². The second-order valence-corrected chi connectivity index (χ2v) is 16.8. The molecule has 294 valence electrons. The van der Waals surface area contributed by atoms with E-state index in [-0.39, 0.29) is 0 Å². The van der Waals surface area contributed by atoms with Crippen LogP contribution in [0.4, 0.5) is 0 Å². The molecule has 0 bridgehead atoms. The molecule has 13 rings (SSSR count). The van der Waals surface area contributed by atoms with Gasteiger partial charge in [0.1, 0.15) is 16.7 Å². The molecule has 0 unspecified atom stereocenters. The van der Waals surface area contributed by atoms with Gasteiger partial charge in [0, 0.05) is 42.2 Å². The van der Waals surface area contributed by atoms with E-state index in [1.165, 1.54) is 20.2 Å². The van der Waals surface area contributed by atoms with Gasteiger partial charge in [0.25, 0.3) is 0 Å². The van der Waals surface area contributed by atoms with Crippen LogP contribution in [0, 0.1) is 0 Å². The van der Waals surface area contributed by atoms with E-state index in [1.807, 2.05) is 48.5 Å². The molecule has 63 heavy (non-hydrogen) atoms. The van der Waals surface area contributed by atoms with Crippen LogP contribution in [-0.4, -0.2) is 19.9 Å². The van der Waals surface area contributed by atoms with Gasteiger partial charge >= 0.3 is 0 Å². The van der Waals surface area contributed by atoms with Gasteiger partial charge in [-0.2, -0.15) is 0 Å². The van der Waals surface area contributed by atoms with Crippen molar-refractivity contribution in [1.82, 2.24) is 19.9 Å². The van der Waals surface area contributed by atoms with Crippen LogP contribution in [0.15, 0.2) is 203 Å². The number of benzene rings is 9. The van der Waals surface area contributed by atoms with Gasteiger partial charge in [0.15, 0.2) is 23.1 Å². The zero-order chi connectivity index (χ0) is 41.4. The van der Waals surface area contributed by atoms with Crippen molar-refractivity contribution in [2.24, 2.45) is 0 Å². The van der Waals surface area contributed by atoms with Crippen molar-refractivity contribution in [3.8, 4) is 67.9 Å². The quantitative estimate of drug-likeness (QED) is 0.166. The Labute approximate surface area is 364 Å². The molecule has 0 spiro atoms. The summed E-state index contributed by atoms with van der Waals surface area (Å²) in [5, 5.41) is 6.46. The Morgan fingerprint density at radius 1 is 0.349 bits per heavy atom. The topological polar surface area (TPSA) is 77.8 Å². The lowest BCUT2D eigenvalue weighted by molar-refractivity contribution is 0.623. The SMILES string of the molecule is c1ccc(-c2ccc(-c3nc(-c4ccccc4)nc(-c4ccc(-c5ccc6oc7ccc8nc(-c9cccc%10c9sc9ccccc9%10)oc8c7c6c5)c5ccccc45)n3)cc2)cc1. The molecule has 0 fully saturated rings. The minimum Gasteiger partial charge on any atom is -0.456 e. The molecule has 0 saturated heterocycles. The van der Waals surface area contributed by atoms with E-state index in [0.29, 0.717) is 28.9 Å². The van der Waals surface area contributed by atoms with Crippen LogP contribution in [0.1, 0.15) is 0 Å². The van der Waals surface area contributed by atoms with Gasteiger partial charge in [-0.15, -0.1) is 11.3 Å². The summed E-state index contributed by atoms with van der Waals surface area (Å²) in [4.78, 5) is 20.3. The zero-order valence-electron chi connectivity index (χ0n) is 33.5. The standard InChI is InChI=1S/C56H32N4O2S/c1-3-12-33(13-4-1)34-22-24-36(25-23-34)54-58-53(35-14-5-2-6-15-35)59-55(60-54)43-28-27-38(39-16-7-8-17-40(39)43)37-26-30-47-45(32-37)50-48(61-47)31-29-46-51(50)62-56(57-46)44-20-11-19-42-41-18-9-10-21-49(41)63-52(42)44/h1-32H. The molecule has 0 saturated carbocycles. The first kappa shape index (κ1) is 35.5. The molecule has 4 heterocycles. The van der Waals surface area contributed by atoms with Crippen molar-refractivity contribution in [2.75, 3.05) is 0 Å². The molecule has 0 aliphatic carbocycles. The number of thiophene rings is 1. The van der Waals surface area contributed by atoms with Crippen molar-refractivity contribution < 1.29 is 8.83 Å². The Morgan fingerprint density at radius 2 is 0.937 bits per heavy atom. The molecule has 0 atom stereocenters. The van der Waals surface area contributed by atoms with Crippen molar-refractivity contribution in [2.45, 2.75) is 0 Å². The van der Waals surface area contributed by atoms with Gasteiger partial charge in [0.05, 0.1) is 10.9 Å². The van der Waals surface area contributed by atoms with E-state index in [0.717, 1.165) is 82.7 Å². The fraction of sp³-hybridized carbons (Fsp3) is 0. The summed E-state index contributed by atoms with van der Waals surface area (Å²) in [6.07, 6.45) is 0. The van der Waals surface area contributed by atoms with E-state index < -0.39 is 0 Å². The van der Waals surface area contributed by atoms with Crippen LogP contribution in [0.25, 0.3) is 132 Å². The number of furan rings is 1. The molecule has 0 aliphatic heterocycles. The first-order valence-electron chi connectivity index (χ1n) is 20.9. The molecule has 0 N–H and O–H groups in total. The summed E-state index contributed by atoms with van der Waals surface area (Å²) in [5.74, 6) is 2.45. The smallest absolute Gasteiger partial charge is 0.228 e. The number of hydrogen-bond donors (Lipinski definition) is 0. The molecule has 0 radical (unpaired) electrons. The van der Waals surface area contributed by atoms with Gasteiger partial charge in [-0.1, -0.05) is 152 Å². The molecule has 7 heteroatoms. The van der Waals surface area contributed by atoms with E-state index >= 15 is 0 Å². The monoisotopic (exact) mass is 824 g/mol. The summed E-state index contributed by atoms with van der Waals surface area (Å²) in [6.45, 7) is 0. The summed E-state index contributed by atoms with van der Waals surface area (Å²) in [7, 11) is 0. The predicted octanol–water partition coefficient (Wildman–Crippen LogP) is 15.4. The number of rotatable bonds is 6. The van der Waals surface area contributed by atoms with Crippen molar-refractivity contribution in [1.29, 1.82) is 0 Å². The summed E-state index contributed by atoms with van der Waals surface area (Å²) >= 11 is 1.77. The highest BCUT2D eigenvalue weighted by molar-refractivity contribution is 7.26. The Bertz CT molecular complexity index is 3910. The fourth-order valence-electron chi connectivity index (χ4n) is 8.98. The summed E-state index contributed by atoms with van der Waals surface area (Å²) in [5.41, 5.74) is 11.2. The molecule has 13 aromatic rings. The third-order valence-corrected chi connectivity index (χ3v) is 13.2. The van der Waals surface area contributed by atoms with Gasteiger partial charge in [-0.3, -0.25) is 0 Å². The lowest BCUT2D eigenvalue weighted by Crippen LogP contribution is -2.00. The number of oxazole rings is 1.